The first kappa shape index (κ1) is 19.6. The Morgan fingerprint density at radius 1 is 0.900 bits per heavy atom. The van der Waals surface area contributed by atoms with Crippen LogP contribution in [0.1, 0.15) is 28.8 Å². The Hall–Kier alpha value is -3.73. The van der Waals surface area contributed by atoms with E-state index in [0.29, 0.717) is 5.56 Å². The molecule has 0 N–H and O–H groups in total. The third-order valence-corrected chi connectivity index (χ3v) is 4.32. The summed E-state index contributed by atoms with van der Waals surface area (Å²) in [6, 6.07) is 14.4. The van der Waals surface area contributed by atoms with Crippen molar-refractivity contribution in [3.8, 4) is 23.1 Å². The molecule has 2 aromatic heterocycles. The molecule has 0 amide bonds. The van der Waals surface area contributed by atoms with E-state index >= 15 is 0 Å². The summed E-state index contributed by atoms with van der Waals surface area (Å²) < 4.78 is 67.3. The van der Waals surface area contributed by atoms with E-state index in [1.165, 1.54) is 18.3 Å². The van der Waals surface area contributed by atoms with Gasteiger partial charge in [-0.3, -0.25) is 0 Å². The zero-order valence-corrected chi connectivity index (χ0v) is 15.2. The van der Waals surface area contributed by atoms with Crippen molar-refractivity contribution in [2.45, 2.75) is 12.6 Å². The van der Waals surface area contributed by atoms with Crippen LogP contribution in [0, 0.1) is 11.8 Å². The zero-order valence-electron chi connectivity index (χ0n) is 15.2. The molecule has 0 aliphatic rings. The summed E-state index contributed by atoms with van der Waals surface area (Å²) in [4.78, 5) is 4.28. The van der Waals surface area contributed by atoms with Crippen molar-refractivity contribution >= 4 is 5.65 Å². The third kappa shape index (κ3) is 3.87. The molecule has 0 atom stereocenters. The molecule has 30 heavy (non-hydrogen) atoms. The fourth-order valence-corrected chi connectivity index (χ4v) is 2.89. The van der Waals surface area contributed by atoms with Gasteiger partial charge in [-0.2, -0.15) is 18.3 Å². The van der Waals surface area contributed by atoms with Gasteiger partial charge in [-0.25, -0.2) is 18.3 Å². The van der Waals surface area contributed by atoms with Gasteiger partial charge in [-0.05, 0) is 30.3 Å². The highest BCUT2D eigenvalue weighted by atomic mass is 19.4. The molecule has 0 aliphatic heterocycles. The zero-order chi connectivity index (χ0) is 21.3. The van der Waals surface area contributed by atoms with E-state index in [1.807, 2.05) is 6.07 Å². The number of hydrogen-bond acceptors (Lipinski definition) is 2. The molecule has 150 valence electrons. The molecular formula is C22H12F5N3. The number of alkyl halides is 5. The van der Waals surface area contributed by atoms with Crippen LogP contribution in [0.5, 0.6) is 0 Å². The number of rotatable bonds is 2. The maximum Gasteiger partial charge on any atom is 0.416 e. The van der Waals surface area contributed by atoms with Crippen molar-refractivity contribution in [2.75, 3.05) is 0 Å². The van der Waals surface area contributed by atoms with Gasteiger partial charge >= 0.3 is 6.18 Å². The molecule has 8 heteroatoms. The van der Waals surface area contributed by atoms with Crippen LogP contribution in [0.2, 0.25) is 0 Å². The number of hydrogen-bond donors (Lipinski definition) is 0. The summed E-state index contributed by atoms with van der Waals surface area (Å²) in [5.41, 5.74) is -0.291. The SMILES string of the molecule is FC(F)c1cc(-c2cccc(C(F)(F)F)c2)nc2c(C#Cc3ccccc3)cnn12. The Labute approximate surface area is 167 Å². The fraction of sp³-hybridized carbons (Fsp3) is 0.0909. The number of fused-ring (bicyclic) bond motifs is 1. The third-order valence-electron chi connectivity index (χ3n) is 4.32. The van der Waals surface area contributed by atoms with Crippen LogP contribution in [0.4, 0.5) is 22.0 Å². The summed E-state index contributed by atoms with van der Waals surface area (Å²) in [5.74, 6) is 5.74. The lowest BCUT2D eigenvalue weighted by atomic mass is 10.1. The van der Waals surface area contributed by atoms with Crippen LogP contribution >= 0.6 is 0 Å². The van der Waals surface area contributed by atoms with Crippen LogP contribution < -0.4 is 0 Å². The standard InChI is InChI=1S/C22H12F5N3/c23-20(24)19-12-18(15-7-4-8-17(11-15)22(25,26)27)29-21-16(13-28-30(19)21)10-9-14-5-2-1-3-6-14/h1-8,11-13,20H. The second kappa shape index (κ2) is 7.59. The molecule has 0 fully saturated rings. The normalized spacial score (nSPS) is 11.5. The average molecular weight is 413 g/mol. The van der Waals surface area contributed by atoms with E-state index in [1.54, 1.807) is 24.3 Å². The predicted octanol–water partition coefficient (Wildman–Crippen LogP) is 5.75. The smallest absolute Gasteiger partial charge is 0.227 e. The first-order chi connectivity index (χ1) is 14.3. The molecule has 0 aliphatic carbocycles. The molecule has 4 aromatic rings. The minimum Gasteiger partial charge on any atom is -0.227 e. The molecule has 0 spiro atoms. The van der Waals surface area contributed by atoms with Gasteiger partial charge in [0.2, 0.25) is 0 Å². The van der Waals surface area contributed by atoms with Gasteiger partial charge in [0, 0.05) is 11.1 Å². The molecule has 0 unspecified atom stereocenters. The van der Waals surface area contributed by atoms with Crippen molar-refractivity contribution < 1.29 is 22.0 Å². The van der Waals surface area contributed by atoms with Gasteiger partial charge in [-0.1, -0.05) is 42.2 Å². The van der Waals surface area contributed by atoms with E-state index < -0.39 is 23.9 Å². The Morgan fingerprint density at radius 2 is 1.67 bits per heavy atom. The maximum absolute atomic E-state index is 13.6. The van der Waals surface area contributed by atoms with E-state index in [4.69, 9.17) is 0 Å². The molecule has 0 saturated carbocycles. The van der Waals surface area contributed by atoms with E-state index in [0.717, 1.165) is 22.7 Å². The maximum atomic E-state index is 13.6. The Morgan fingerprint density at radius 3 is 2.37 bits per heavy atom. The average Bonchev–Trinajstić information content (AvgIpc) is 3.14. The van der Waals surface area contributed by atoms with Crippen molar-refractivity contribution in [3.63, 3.8) is 0 Å². The minimum absolute atomic E-state index is 0.0211. The topological polar surface area (TPSA) is 30.2 Å². The van der Waals surface area contributed by atoms with Crippen LogP contribution in [0.3, 0.4) is 0 Å². The minimum atomic E-state index is -4.56. The molecular weight excluding hydrogens is 401 g/mol. The van der Waals surface area contributed by atoms with Gasteiger partial charge < -0.3 is 0 Å². The second-order valence-corrected chi connectivity index (χ2v) is 6.36. The van der Waals surface area contributed by atoms with Gasteiger partial charge in [0.15, 0.2) is 5.65 Å². The lowest BCUT2D eigenvalue weighted by Gasteiger charge is -2.10. The molecule has 0 radical (unpaired) electrons. The van der Waals surface area contributed by atoms with Crippen LogP contribution in [0.25, 0.3) is 16.9 Å². The van der Waals surface area contributed by atoms with E-state index in [2.05, 4.69) is 21.9 Å². The van der Waals surface area contributed by atoms with E-state index in [9.17, 15) is 22.0 Å². The van der Waals surface area contributed by atoms with Crippen molar-refractivity contribution in [3.05, 3.63) is 89.2 Å². The molecule has 2 heterocycles. The van der Waals surface area contributed by atoms with Crippen molar-refractivity contribution in [2.24, 2.45) is 0 Å². The molecule has 3 nitrogen and oxygen atoms in total. The highest BCUT2D eigenvalue weighted by molar-refractivity contribution is 5.67. The second-order valence-electron chi connectivity index (χ2n) is 6.36. The van der Waals surface area contributed by atoms with Crippen molar-refractivity contribution in [1.82, 2.24) is 14.6 Å². The fourth-order valence-electron chi connectivity index (χ4n) is 2.89. The Kier molecular flexibility index (Phi) is 4.96. The summed E-state index contributed by atoms with van der Waals surface area (Å²) in [5, 5.41) is 3.94. The summed E-state index contributed by atoms with van der Waals surface area (Å²) >= 11 is 0. The summed E-state index contributed by atoms with van der Waals surface area (Å²) in [6.45, 7) is 0. The molecule has 4 rings (SSSR count). The largest absolute Gasteiger partial charge is 0.416 e. The lowest BCUT2D eigenvalue weighted by Crippen LogP contribution is -2.06. The van der Waals surface area contributed by atoms with Gasteiger partial charge in [0.1, 0.15) is 5.69 Å². The summed E-state index contributed by atoms with van der Waals surface area (Å²) in [7, 11) is 0. The first-order valence-corrected chi connectivity index (χ1v) is 8.74. The quantitative estimate of drug-likeness (QED) is 0.309. The van der Waals surface area contributed by atoms with Gasteiger partial charge in [0.05, 0.1) is 23.0 Å². The Bertz CT molecular complexity index is 1260. The number of benzene rings is 2. The number of halogens is 5. The molecule has 0 bridgehead atoms. The first-order valence-electron chi connectivity index (χ1n) is 8.74. The van der Waals surface area contributed by atoms with Gasteiger partial charge in [0.25, 0.3) is 6.43 Å². The Balaban J connectivity index is 1.87. The van der Waals surface area contributed by atoms with Crippen LogP contribution in [-0.2, 0) is 6.18 Å². The molecule has 2 aromatic carbocycles. The van der Waals surface area contributed by atoms with Gasteiger partial charge in [-0.15, -0.1) is 0 Å². The number of aromatic nitrogens is 3. The van der Waals surface area contributed by atoms with E-state index in [-0.39, 0.29) is 22.5 Å². The van der Waals surface area contributed by atoms with Crippen molar-refractivity contribution in [1.29, 1.82) is 0 Å². The summed E-state index contributed by atoms with van der Waals surface area (Å²) in [6.07, 6.45) is -6.16. The molecule has 0 saturated heterocycles. The highest BCUT2D eigenvalue weighted by Crippen LogP contribution is 2.33. The van der Waals surface area contributed by atoms with Crippen LogP contribution in [0.15, 0.2) is 66.9 Å². The monoisotopic (exact) mass is 413 g/mol. The van der Waals surface area contributed by atoms with Crippen LogP contribution in [-0.4, -0.2) is 14.6 Å². The predicted molar refractivity (Wildman–Crippen MR) is 101 cm³/mol. The highest BCUT2D eigenvalue weighted by Gasteiger charge is 2.30. The lowest BCUT2D eigenvalue weighted by molar-refractivity contribution is -0.137. The number of nitrogens with zero attached hydrogens (tertiary/aromatic N) is 3.